The van der Waals surface area contributed by atoms with Gasteiger partial charge in [-0.15, -0.1) is 0 Å². The van der Waals surface area contributed by atoms with E-state index in [0.717, 1.165) is 16.9 Å². The highest BCUT2D eigenvalue weighted by Crippen LogP contribution is 2.22. The lowest BCUT2D eigenvalue weighted by Gasteiger charge is -2.10. The largest absolute Gasteiger partial charge is 0.497 e. The Bertz CT molecular complexity index is 439. The van der Waals surface area contributed by atoms with Gasteiger partial charge in [-0.2, -0.15) is 0 Å². The van der Waals surface area contributed by atoms with Crippen LogP contribution in [-0.2, 0) is 0 Å². The van der Waals surface area contributed by atoms with Crippen LogP contribution in [0.2, 0.25) is 0 Å². The van der Waals surface area contributed by atoms with E-state index < -0.39 is 0 Å². The van der Waals surface area contributed by atoms with Crippen LogP contribution in [0, 0.1) is 13.8 Å². The van der Waals surface area contributed by atoms with Crippen LogP contribution in [-0.4, -0.2) is 19.4 Å². The molecule has 16 heavy (non-hydrogen) atoms. The maximum Gasteiger partial charge on any atom is 0.169 e. The lowest BCUT2D eigenvalue weighted by Crippen LogP contribution is -2.08. The van der Waals surface area contributed by atoms with Crippen molar-refractivity contribution in [3.8, 4) is 5.75 Å². The van der Waals surface area contributed by atoms with Gasteiger partial charge in [-0.25, -0.2) is 0 Å². The Kier molecular flexibility index (Phi) is 3.91. The number of rotatable bonds is 4. The van der Waals surface area contributed by atoms with Crippen molar-refractivity contribution in [2.24, 2.45) is 5.11 Å². The van der Waals surface area contributed by atoms with Crippen molar-refractivity contribution in [2.75, 3.05) is 13.7 Å². The third kappa shape index (κ3) is 2.52. The summed E-state index contributed by atoms with van der Waals surface area (Å²) in [7, 11) is 1.58. The average Bonchev–Trinajstić information content (AvgIpc) is 2.25. The number of benzene rings is 1. The van der Waals surface area contributed by atoms with Crippen molar-refractivity contribution in [3.63, 3.8) is 0 Å². The van der Waals surface area contributed by atoms with Crippen molar-refractivity contribution in [2.45, 2.75) is 13.8 Å². The van der Waals surface area contributed by atoms with E-state index in [1.54, 1.807) is 19.2 Å². The lowest BCUT2D eigenvalue weighted by molar-refractivity contribution is 0.100. The molecular formula is C11H13N3O2. The van der Waals surface area contributed by atoms with E-state index in [1.165, 1.54) is 0 Å². The summed E-state index contributed by atoms with van der Waals surface area (Å²) in [4.78, 5) is 14.3. The second-order valence-corrected chi connectivity index (χ2v) is 3.45. The number of ketones is 1. The van der Waals surface area contributed by atoms with Crippen molar-refractivity contribution >= 4 is 5.78 Å². The minimum atomic E-state index is -0.171. The molecule has 0 fully saturated rings. The van der Waals surface area contributed by atoms with Gasteiger partial charge in [0.15, 0.2) is 5.78 Å². The number of aryl methyl sites for hydroxylation is 2. The summed E-state index contributed by atoms with van der Waals surface area (Å²) in [6.45, 7) is 3.52. The van der Waals surface area contributed by atoms with Crippen LogP contribution in [0.25, 0.3) is 10.4 Å². The Hall–Kier alpha value is -2.00. The van der Waals surface area contributed by atoms with Gasteiger partial charge < -0.3 is 4.74 Å². The standard InChI is InChI=1S/C11H13N3O2/c1-7-4-9(16-3)5-8(2)11(7)10(15)6-13-14-12/h4-5H,6H2,1-3H3. The van der Waals surface area contributed by atoms with Crippen LogP contribution in [0.3, 0.4) is 0 Å². The minimum absolute atomic E-state index is 0.148. The fourth-order valence-electron chi connectivity index (χ4n) is 1.66. The molecule has 0 atom stereocenters. The summed E-state index contributed by atoms with van der Waals surface area (Å²) >= 11 is 0. The quantitative estimate of drug-likeness (QED) is 0.338. The molecule has 1 aromatic rings. The molecule has 0 saturated carbocycles. The second kappa shape index (κ2) is 5.19. The van der Waals surface area contributed by atoms with E-state index in [-0.39, 0.29) is 12.3 Å². The van der Waals surface area contributed by atoms with Gasteiger partial charge in [-0.05, 0) is 42.6 Å². The molecule has 0 bridgehead atoms. The Morgan fingerprint density at radius 1 is 1.44 bits per heavy atom. The third-order valence-electron chi connectivity index (χ3n) is 2.30. The summed E-state index contributed by atoms with van der Waals surface area (Å²) in [5, 5.41) is 3.27. The van der Waals surface area contributed by atoms with Crippen LogP contribution in [0.5, 0.6) is 5.75 Å². The summed E-state index contributed by atoms with van der Waals surface area (Å²) in [6, 6.07) is 3.58. The highest BCUT2D eigenvalue weighted by atomic mass is 16.5. The van der Waals surface area contributed by atoms with E-state index in [0.29, 0.717) is 5.56 Å². The van der Waals surface area contributed by atoms with Crippen LogP contribution < -0.4 is 4.74 Å². The number of hydrogen-bond donors (Lipinski definition) is 0. The molecule has 0 N–H and O–H groups in total. The van der Waals surface area contributed by atoms with Crippen LogP contribution >= 0.6 is 0 Å². The first-order chi connectivity index (χ1) is 7.60. The Morgan fingerprint density at radius 3 is 2.44 bits per heavy atom. The minimum Gasteiger partial charge on any atom is -0.497 e. The van der Waals surface area contributed by atoms with Gasteiger partial charge in [-0.3, -0.25) is 4.79 Å². The molecule has 0 heterocycles. The molecule has 0 aliphatic heterocycles. The highest BCUT2D eigenvalue weighted by molar-refractivity contribution is 6.00. The number of nitrogens with zero attached hydrogens (tertiary/aromatic N) is 3. The Balaban J connectivity index is 3.13. The zero-order valence-corrected chi connectivity index (χ0v) is 9.52. The van der Waals surface area contributed by atoms with E-state index >= 15 is 0 Å². The zero-order chi connectivity index (χ0) is 12.1. The molecule has 5 nitrogen and oxygen atoms in total. The molecule has 0 unspecified atom stereocenters. The molecule has 1 rings (SSSR count). The third-order valence-corrected chi connectivity index (χ3v) is 2.30. The summed E-state index contributed by atoms with van der Waals surface area (Å²) in [5.74, 6) is 0.547. The number of carbonyl (C=O) groups excluding carboxylic acids is 1. The number of Topliss-reactive ketones (excluding diaryl/α,β-unsaturated/α-hetero) is 1. The molecular weight excluding hydrogens is 206 g/mol. The number of carbonyl (C=O) groups is 1. The van der Waals surface area contributed by atoms with Gasteiger partial charge in [0.05, 0.1) is 13.7 Å². The summed E-state index contributed by atoms with van der Waals surface area (Å²) < 4.78 is 5.10. The number of methoxy groups -OCH3 is 1. The van der Waals surface area contributed by atoms with Gasteiger partial charge in [0, 0.05) is 10.5 Å². The Labute approximate surface area is 93.7 Å². The van der Waals surface area contributed by atoms with Gasteiger partial charge in [0.2, 0.25) is 0 Å². The van der Waals surface area contributed by atoms with E-state index in [4.69, 9.17) is 10.3 Å². The van der Waals surface area contributed by atoms with Crippen molar-refractivity contribution in [1.29, 1.82) is 0 Å². The first-order valence-electron chi connectivity index (χ1n) is 4.79. The maximum atomic E-state index is 11.7. The van der Waals surface area contributed by atoms with Crippen LogP contribution in [0.1, 0.15) is 21.5 Å². The normalized spacial score (nSPS) is 9.44. The van der Waals surface area contributed by atoms with E-state index in [1.807, 2.05) is 13.8 Å². The number of azide groups is 1. The maximum absolute atomic E-state index is 11.7. The van der Waals surface area contributed by atoms with Crippen molar-refractivity contribution in [1.82, 2.24) is 0 Å². The SMILES string of the molecule is COc1cc(C)c(C(=O)CN=[N+]=[N-])c(C)c1. The fraction of sp³-hybridized carbons (Fsp3) is 0.364. The molecule has 84 valence electrons. The topological polar surface area (TPSA) is 75.1 Å². The van der Waals surface area contributed by atoms with E-state index in [9.17, 15) is 4.79 Å². The molecule has 5 heteroatoms. The molecule has 0 amide bonds. The first-order valence-corrected chi connectivity index (χ1v) is 4.79. The predicted molar refractivity (Wildman–Crippen MR) is 60.8 cm³/mol. The molecule has 0 aliphatic carbocycles. The summed E-state index contributed by atoms with van der Waals surface area (Å²) in [6.07, 6.45) is 0. The fourth-order valence-corrected chi connectivity index (χ4v) is 1.66. The van der Waals surface area contributed by atoms with E-state index in [2.05, 4.69) is 10.0 Å². The second-order valence-electron chi connectivity index (χ2n) is 3.45. The molecule has 0 aromatic heterocycles. The average molecular weight is 219 g/mol. The Morgan fingerprint density at radius 2 is 2.00 bits per heavy atom. The van der Waals surface area contributed by atoms with Crippen molar-refractivity contribution < 1.29 is 9.53 Å². The predicted octanol–water partition coefficient (Wildman–Crippen LogP) is 2.81. The number of ether oxygens (including phenoxy) is 1. The first kappa shape index (κ1) is 12.1. The molecule has 0 saturated heterocycles. The lowest BCUT2D eigenvalue weighted by atomic mass is 9.98. The zero-order valence-electron chi connectivity index (χ0n) is 9.52. The molecule has 0 radical (unpaired) electrons. The van der Waals surface area contributed by atoms with Gasteiger partial charge >= 0.3 is 0 Å². The van der Waals surface area contributed by atoms with Gasteiger partial charge in [0.25, 0.3) is 0 Å². The number of hydrogen-bond acceptors (Lipinski definition) is 3. The van der Waals surface area contributed by atoms with Crippen molar-refractivity contribution in [3.05, 3.63) is 39.3 Å². The molecule has 0 aliphatic rings. The highest BCUT2D eigenvalue weighted by Gasteiger charge is 2.12. The molecule has 1 aromatic carbocycles. The van der Waals surface area contributed by atoms with Crippen LogP contribution in [0.4, 0.5) is 0 Å². The van der Waals surface area contributed by atoms with Gasteiger partial charge in [-0.1, -0.05) is 5.11 Å². The molecule has 0 spiro atoms. The summed E-state index contributed by atoms with van der Waals surface area (Å²) in [5.41, 5.74) is 10.4. The van der Waals surface area contributed by atoms with Crippen LogP contribution in [0.15, 0.2) is 17.2 Å². The van der Waals surface area contributed by atoms with Gasteiger partial charge in [0.1, 0.15) is 5.75 Å². The smallest absolute Gasteiger partial charge is 0.169 e. The monoisotopic (exact) mass is 219 g/mol.